The maximum Gasteiger partial charge on any atom is 0.411 e. The quantitative estimate of drug-likeness (QED) is 0.776. The van der Waals surface area contributed by atoms with Crippen molar-refractivity contribution in [2.24, 2.45) is 0 Å². The number of ketones is 1. The Morgan fingerprint density at radius 3 is 2.83 bits per heavy atom. The zero-order chi connectivity index (χ0) is 17.5. The first-order valence-electron chi connectivity index (χ1n) is 8.09. The van der Waals surface area contributed by atoms with Crippen LogP contribution in [0.15, 0.2) is 10.5 Å². The molecule has 1 fully saturated rings. The fourth-order valence-corrected chi connectivity index (χ4v) is 2.89. The van der Waals surface area contributed by atoms with Gasteiger partial charge in [0, 0.05) is 12.8 Å². The molecule has 7 heteroatoms. The van der Waals surface area contributed by atoms with E-state index in [-0.39, 0.29) is 18.9 Å². The summed E-state index contributed by atoms with van der Waals surface area (Å²) in [5.41, 5.74) is -0.0884. The van der Waals surface area contributed by atoms with Gasteiger partial charge in [0.15, 0.2) is 0 Å². The Balaban J connectivity index is 1.80. The van der Waals surface area contributed by atoms with Gasteiger partial charge in [-0.2, -0.15) is 0 Å². The van der Waals surface area contributed by atoms with E-state index in [1.807, 2.05) is 6.08 Å². The van der Waals surface area contributed by atoms with E-state index in [9.17, 15) is 14.0 Å². The molecule has 6 nitrogen and oxygen atoms in total. The number of carbonyl (C=O) groups excluding carboxylic acids is 2. The Morgan fingerprint density at radius 1 is 1.42 bits per heavy atom. The van der Waals surface area contributed by atoms with Crippen LogP contribution in [0.5, 0.6) is 0 Å². The molecule has 130 valence electrons. The number of hydrogen-bond acceptors (Lipinski definition) is 5. The highest BCUT2D eigenvalue weighted by molar-refractivity contribution is 5.98. The number of amides is 1. The number of nitrogens with zero attached hydrogens (tertiary/aromatic N) is 2. The summed E-state index contributed by atoms with van der Waals surface area (Å²) in [5, 5.41) is 0. The van der Waals surface area contributed by atoms with Gasteiger partial charge < -0.3 is 9.15 Å². The highest BCUT2D eigenvalue weighted by atomic mass is 19.1. The van der Waals surface area contributed by atoms with Crippen molar-refractivity contribution < 1.29 is 23.1 Å². The molecule has 1 saturated heterocycles. The van der Waals surface area contributed by atoms with Crippen LogP contribution in [0.2, 0.25) is 0 Å². The van der Waals surface area contributed by atoms with Crippen LogP contribution in [0.25, 0.3) is 6.08 Å². The number of rotatable bonds is 2. The van der Waals surface area contributed by atoms with Crippen LogP contribution in [-0.4, -0.2) is 46.1 Å². The second kappa shape index (κ2) is 6.03. The fraction of sp³-hybridized carbons (Fsp3) is 0.588. The number of carbonyl (C=O) groups is 2. The van der Waals surface area contributed by atoms with Gasteiger partial charge in [-0.15, -0.1) is 0 Å². The highest BCUT2D eigenvalue weighted by Crippen LogP contribution is 2.27. The van der Waals surface area contributed by atoms with Crippen molar-refractivity contribution >= 4 is 18.0 Å². The molecule has 1 amide bonds. The van der Waals surface area contributed by atoms with Crippen LogP contribution < -0.4 is 0 Å². The Kier molecular flexibility index (Phi) is 4.19. The Bertz CT molecular complexity index is 689. The van der Waals surface area contributed by atoms with E-state index < -0.39 is 29.7 Å². The van der Waals surface area contributed by atoms with Gasteiger partial charge in [0.2, 0.25) is 5.78 Å². The van der Waals surface area contributed by atoms with Gasteiger partial charge in [-0.1, -0.05) is 6.08 Å². The summed E-state index contributed by atoms with van der Waals surface area (Å²) < 4.78 is 24.7. The first-order chi connectivity index (χ1) is 11.2. The van der Waals surface area contributed by atoms with E-state index in [0.29, 0.717) is 17.9 Å². The van der Waals surface area contributed by atoms with E-state index in [4.69, 9.17) is 9.15 Å². The van der Waals surface area contributed by atoms with E-state index >= 15 is 0 Å². The molecule has 1 aromatic rings. The van der Waals surface area contributed by atoms with E-state index in [1.54, 1.807) is 26.8 Å². The molecule has 0 N–H and O–H groups in total. The van der Waals surface area contributed by atoms with Crippen LogP contribution in [0.1, 0.15) is 55.8 Å². The largest absolute Gasteiger partial charge is 0.444 e. The van der Waals surface area contributed by atoms with Crippen molar-refractivity contribution in [1.82, 2.24) is 9.88 Å². The summed E-state index contributed by atoms with van der Waals surface area (Å²) in [6, 6.07) is -0.945. The molecule has 2 atom stereocenters. The van der Waals surface area contributed by atoms with Gasteiger partial charge in [0.05, 0.1) is 6.54 Å². The van der Waals surface area contributed by atoms with Gasteiger partial charge in [0.25, 0.3) is 5.89 Å². The number of fused-ring (bicyclic) bond motifs is 1. The highest BCUT2D eigenvalue weighted by Gasteiger charge is 2.43. The summed E-state index contributed by atoms with van der Waals surface area (Å²) in [5.74, 6) is 0.0995. The van der Waals surface area contributed by atoms with Crippen molar-refractivity contribution in [1.29, 1.82) is 0 Å². The average molecular weight is 336 g/mol. The number of ether oxygens (including phenoxy) is 1. The Labute approximate surface area is 139 Å². The lowest BCUT2D eigenvalue weighted by Crippen LogP contribution is -2.43. The molecule has 3 rings (SSSR count). The smallest absolute Gasteiger partial charge is 0.411 e. The molecule has 1 aliphatic heterocycles. The fourth-order valence-electron chi connectivity index (χ4n) is 2.89. The van der Waals surface area contributed by atoms with E-state index in [2.05, 4.69) is 4.98 Å². The summed E-state index contributed by atoms with van der Waals surface area (Å²) in [6.07, 6.45) is 3.24. The molecule has 0 bridgehead atoms. The lowest BCUT2D eigenvalue weighted by molar-refractivity contribution is 0.0211. The molecule has 0 aromatic carbocycles. The molecule has 0 saturated carbocycles. The van der Waals surface area contributed by atoms with Crippen molar-refractivity contribution in [3.05, 3.63) is 23.4 Å². The molecule has 0 unspecified atom stereocenters. The number of aromatic nitrogens is 1. The van der Waals surface area contributed by atoms with Gasteiger partial charge in [0.1, 0.15) is 29.3 Å². The minimum absolute atomic E-state index is 0.0685. The normalized spacial score (nSPS) is 23.2. The van der Waals surface area contributed by atoms with Crippen LogP contribution in [0, 0.1) is 0 Å². The van der Waals surface area contributed by atoms with Crippen molar-refractivity contribution in [2.45, 2.75) is 57.8 Å². The summed E-state index contributed by atoms with van der Waals surface area (Å²) in [6.45, 7) is 5.00. The molecule has 0 spiro atoms. The second-order valence-corrected chi connectivity index (χ2v) is 7.11. The minimum Gasteiger partial charge on any atom is -0.444 e. The third kappa shape index (κ3) is 3.34. The van der Waals surface area contributed by atoms with Crippen LogP contribution >= 0.6 is 0 Å². The Hall–Kier alpha value is -2.18. The Morgan fingerprint density at radius 2 is 2.17 bits per heavy atom. The minimum atomic E-state index is -1.27. The number of likely N-dealkylation sites (tertiary alicyclic amines) is 1. The first-order valence-corrected chi connectivity index (χ1v) is 8.09. The third-order valence-corrected chi connectivity index (χ3v) is 3.93. The lowest BCUT2D eigenvalue weighted by atomic mass is 10.1. The summed E-state index contributed by atoms with van der Waals surface area (Å²) in [4.78, 5) is 30.3. The molecule has 2 aliphatic rings. The van der Waals surface area contributed by atoms with Crippen LogP contribution in [0.3, 0.4) is 0 Å². The zero-order valence-electron chi connectivity index (χ0n) is 14.0. The number of halogens is 1. The molecule has 0 radical (unpaired) electrons. The molecule has 24 heavy (non-hydrogen) atoms. The van der Waals surface area contributed by atoms with Crippen LogP contribution in [0.4, 0.5) is 9.18 Å². The van der Waals surface area contributed by atoms with Crippen molar-refractivity contribution in [3.63, 3.8) is 0 Å². The second-order valence-electron chi connectivity index (χ2n) is 7.11. The van der Waals surface area contributed by atoms with Gasteiger partial charge in [-0.3, -0.25) is 9.69 Å². The number of oxazole rings is 1. The SMILES string of the molecule is CC(C)(C)OC(=O)N1C[C@@H](F)C[C@H]1C(=O)c1nc2c(o1)CCC=C2. The summed E-state index contributed by atoms with van der Waals surface area (Å²) in [7, 11) is 0. The average Bonchev–Trinajstić information content (AvgIpc) is 3.08. The zero-order valence-corrected chi connectivity index (χ0v) is 14.0. The number of alkyl halides is 1. The topological polar surface area (TPSA) is 72.6 Å². The van der Waals surface area contributed by atoms with Crippen molar-refractivity contribution in [2.75, 3.05) is 6.54 Å². The molecular formula is C17H21FN2O4. The van der Waals surface area contributed by atoms with Gasteiger partial charge >= 0.3 is 6.09 Å². The van der Waals surface area contributed by atoms with E-state index in [1.165, 1.54) is 0 Å². The maximum absolute atomic E-state index is 13.9. The number of allylic oxidation sites excluding steroid dienone is 1. The molecule has 1 aliphatic carbocycles. The predicted octanol–water partition coefficient (Wildman–Crippen LogP) is 3.16. The van der Waals surface area contributed by atoms with E-state index in [0.717, 1.165) is 11.3 Å². The van der Waals surface area contributed by atoms with Crippen LogP contribution in [-0.2, 0) is 11.2 Å². The lowest BCUT2D eigenvalue weighted by Gasteiger charge is -2.27. The molecule has 1 aromatic heterocycles. The number of aryl methyl sites for hydroxylation is 1. The molecular weight excluding hydrogens is 315 g/mol. The maximum atomic E-state index is 13.9. The summed E-state index contributed by atoms with van der Waals surface area (Å²) >= 11 is 0. The number of hydrogen-bond donors (Lipinski definition) is 0. The first kappa shape index (κ1) is 16.7. The van der Waals surface area contributed by atoms with Gasteiger partial charge in [-0.25, -0.2) is 14.2 Å². The number of Topliss-reactive ketones (excluding diaryl/α,β-unsaturated/α-hetero) is 1. The molecule has 2 heterocycles. The van der Waals surface area contributed by atoms with Gasteiger partial charge in [-0.05, 0) is 33.3 Å². The standard InChI is InChI=1S/C17H21FN2O4/c1-17(2,3)24-16(22)20-9-10(18)8-12(20)14(21)15-19-11-6-4-5-7-13(11)23-15/h4,6,10,12H,5,7-9H2,1-3H3/t10-,12-/m0/s1. The monoisotopic (exact) mass is 336 g/mol. The van der Waals surface area contributed by atoms with Crippen molar-refractivity contribution in [3.8, 4) is 0 Å². The third-order valence-electron chi connectivity index (χ3n) is 3.93. The predicted molar refractivity (Wildman–Crippen MR) is 84.4 cm³/mol.